The lowest BCUT2D eigenvalue weighted by molar-refractivity contribution is 0.492. The number of nitrogens with two attached hydrogens (primary N) is 1. The predicted molar refractivity (Wildman–Crippen MR) is 87.5 cm³/mol. The minimum absolute atomic E-state index is 0.0721. The predicted octanol–water partition coefficient (Wildman–Crippen LogP) is 2.85. The normalized spacial score (nSPS) is 16.8. The van der Waals surface area contributed by atoms with Crippen molar-refractivity contribution in [2.24, 2.45) is 10.1 Å². The Labute approximate surface area is 138 Å². The van der Waals surface area contributed by atoms with Crippen LogP contribution in [0.25, 0.3) is 0 Å². The average molecular weight is 351 g/mol. The second-order valence-corrected chi connectivity index (χ2v) is 7.19. The Kier molecular flexibility index (Phi) is 3.79. The van der Waals surface area contributed by atoms with Crippen LogP contribution < -0.4 is 11.1 Å². The highest BCUT2D eigenvalue weighted by Gasteiger charge is 2.32. The standard InChI is InChI=1S/C16H15F2N3O2S/c1-8-5-3-4-6-10(8)9(2)13-14(18)11(17)7-12-15(13)20-16(19)21-24(12,22)23/h3-7,9H,1-2H3,(H3,19,20,21)/t9-/m0/s1. The number of aryl methyl sites for hydroxylation is 1. The highest BCUT2D eigenvalue weighted by atomic mass is 32.2. The zero-order valence-electron chi connectivity index (χ0n) is 13.0. The summed E-state index contributed by atoms with van der Waals surface area (Å²) in [5, 5.41) is 2.56. The number of nitrogens with zero attached hydrogens (tertiary/aromatic N) is 1. The first-order valence-corrected chi connectivity index (χ1v) is 8.61. The molecule has 0 amide bonds. The first-order valence-electron chi connectivity index (χ1n) is 7.17. The van der Waals surface area contributed by atoms with Crippen LogP contribution in [-0.2, 0) is 10.0 Å². The number of guanidine groups is 1. The van der Waals surface area contributed by atoms with Crippen LogP contribution in [0.15, 0.2) is 39.6 Å². The molecular weight excluding hydrogens is 336 g/mol. The summed E-state index contributed by atoms with van der Waals surface area (Å²) in [6, 6.07) is 7.86. The summed E-state index contributed by atoms with van der Waals surface area (Å²) in [4.78, 5) is -0.425. The number of sulfonamides is 1. The highest BCUT2D eigenvalue weighted by molar-refractivity contribution is 7.90. The van der Waals surface area contributed by atoms with Gasteiger partial charge in [-0.1, -0.05) is 31.2 Å². The lowest BCUT2D eigenvalue weighted by Gasteiger charge is -2.24. The molecule has 0 aromatic heterocycles. The summed E-state index contributed by atoms with van der Waals surface area (Å²) in [6.45, 7) is 3.52. The van der Waals surface area contributed by atoms with Gasteiger partial charge >= 0.3 is 0 Å². The summed E-state index contributed by atoms with van der Waals surface area (Å²) in [7, 11) is -4.19. The van der Waals surface area contributed by atoms with Crippen LogP contribution in [0.2, 0.25) is 0 Å². The maximum Gasteiger partial charge on any atom is 0.287 e. The largest absolute Gasteiger partial charge is 0.369 e. The molecule has 0 saturated heterocycles. The van der Waals surface area contributed by atoms with E-state index in [4.69, 9.17) is 5.73 Å². The van der Waals surface area contributed by atoms with E-state index in [9.17, 15) is 17.2 Å². The van der Waals surface area contributed by atoms with Crippen molar-refractivity contribution >= 4 is 21.7 Å². The summed E-state index contributed by atoms with van der Waals surface area (Å²) in [6.07, 6.45) is 0. The summed E-state index contributed by atoms with van der Waals surface area (Å²) in [5.41, 5.74) is 6.96. The third-order valence-corrected chi connectivity index (χ3v) is 5.37. The molecule has 3 N–H and O–H groups in total. The van der Waals surface area contributed by atoms with Crippen molar-refractivity contribution in [1.82, 2.24) is 0 Å². The molecule has 126 valence electrons. The van der Waals surface area contributed by atoms with Gasteiger partial charge in [0.25, 0.3) is 10.0 Å². The van der Waals surface area contributed by atoms with Gasteiger partial charge in [-0.2, -0.15) is 8.42 Å². The van der Waals surface area contributed by atoms with Crippen LogP contribution in [-0.4, -0.2) is 14.4 Å². The van der Waals surface area contributed by atoms with Crippen molar-refractivity contribution in [3.05, 3.63) is 58.7 Å². The van der Waals surface area contributed by atoms with Crippen molar-refractivity contribution < 1.29 is 17.2 Å². The number of rotatable bonds is 2. The van der Waals surface area contributed by atoms with Crippen LogP contribution in [0.4, 0.5) is 14.5 Å². The molecule has 1 aliphatic rings. The summed E-state index contributed by atoms with van der Waals surface area (Å²) in [5.74, 6) is -3.33. The molecule has 2 aromatic carbocycles. The Hall–Kier alpha value is -2.48. The Morgan fingerprint density at radius 2 is 1.92 bits per heavy atom. The number of nitrogens with one attached hydrogen (secondary N) is 1. The Bertz CT molecular complexity index is 972. The molecule has 0 aliphatic carbocycles. The van der Waals surface area contributed by atoms with Gasteiger partial charge < -0.3 is 11.1 Å². The second-order valence-electron chi connectivity index (χ2n) is 5.61. The van der Waals surface area contributed by atoms with E-state index in [0.717, 1.165) is 11.1 Å². The zero-order valence-corrected chi connectivity index (χ0v) is 13.8. The van der Waals surface area contributed by atoms with Crippen molar-refractivity contribution in [2.75, 3.05) is 5.32 Å². The molecule has 1 aliphatic heterocycles. The maximum atomic E-state index is 14.5. The molecule has 0 unspecified atom stereocenters. The molecule has 1 heterocycles. The number of hydrogen-bond acceptors (Lipinski definition) is 4. The fraction of sp³-hybridized carbons (Fsp3) is 0.188. The van der Waals surface area contributed by atoms with E-state index in [-0.39, 0.29) is 17.2 Å². The van der Waals surface area contributed by atoms with E-state index in [2.05, 4.69) is 9.71 Å². The molecule has 2 aromatic rings. The van der Waals surface area contributed by atoms with Gasteiger partial charge in [-0.15, -0.1) is 4.40 Å². The number of halogens is 2. The average Bonchev–Trinajstić information content (AvgIpc) is 2.49. The zero-order chi connectivity index (χ0) is 17.6. The third kappa shape index (κ3) is 2.52. The molecule has 1 atom stereocenters. The van der Waals surface area contributed by atoms with E-state index < -0.39 is 32.5 Å². The van der Waals surface area contributed by atoms with E-state index in [1.807, 2.05) is 19.1 Å². The maximum absolute atomic E-state index is 14.5. The van der Waals surface area contributed by atoms with Gasteiger partial charge in [-0.3, -0.25) is 0 Å². The van der Waals surface area contributed by atoms with E-state index in [1.165, 1.54) is 0 Å². The molecule has 0 saturated carbocycles. The molecule has 5 nitrogen and oxygen atoms in total. The minimum atomic E-state index is -4.19. The number of anilines is 1. The minimum Gasteiger partial charge on any atom is -0.369 e. The van der Waals surface area contributed by atoms with Gasteiger partial charge in [0, 0.05) is 11.5 Å². The van der Waals surface area contributed by atoms with E-state index >= 15 is 0 Å². The topological polar surface area (TPSA) is 84.5 Å². The van der Waals surface area contributed by atoms with Crippen molar-refractivity contribution in [2.45, 2.75) is 24.7 Å². The lowest BCUT2D eigenvalue weighted by atomic mass is 9.88. The quantitative estimate of drug-likeness (QED) is 0.871. The van der Waals surface area contributed by atoms with Crippen LogP contribution in [0.3, 0.4) is 0 Å². The van der Waals surface area contributed by atoms with Crippen LogP contribution in [0, 0.1) is 18.6 Å². The fourth-order valence-electron chi connectivity index (χ4n) is 2.92. The van der Waals surface area contributed by atoms with Gasteiger partial charge in [-0.05, 0) is 24.1 Å². The van der Waals surface area contributed by atoms with E-state index in [0.29, 0.717) is 6.07 Å². The van der Waals surface area contributed by atoms with Crippen LogP contribution in [0.5, 0.6) is 0 Å². The van der Waals surface area contributed by atoms with Crippen LogP contribution >= 0.6 is 0 Å². The Morgan fingerprint density at radius 3 is 2.58 bits per heavy atom. The number of hydrogen-bond donors (Lipinski definition) is 2. The molecule has 0 spiro atoms. The smallest absolute Gasteiger partial charge is 0.287 e. The molecular formula is C16H15F2N3O2S. The summed E-state index contributed by atoms with van der Waals surface area (Å²) >= 11 is 0. The molecule has 0 bridgehead atoms. The van der Waals surface area contributed by atoms with Crippen molar-refractivity contribution in [1.29, 1.82) is 0 Å². The first kappa shape index (κ1) is 16.4. The Balaban J connectivity index is 2.31. The molecule has 8 heteroatoms. The fourth-order valence-corrected chi connectivity index (χ4v) is 3.99. The highest BCUT2D eigenvalue weighted by Crippen LogP contribution is 2.40. The molecule has 0 fully saturated rings. The van der Waals surface area contributed by atoms with Crippen LogP contribution in [0.1, 0.15) is 29.5 Å². The molecule has 24 heavy (non-hydrogen) atoms. The van der Waals surface area contributed by atoms with Crippen molar-refractivity contribution in [3.63, 3.8) is 0 Å². The second kappa shape index (κ2) is 5.55. The SMILES string of the molecule is Cc1ccccc1[C@H](C)c1c(F)c(F)cc2c1NC(N)=NS2(=O)=O. The molecule has 0 radical (unpaired) electrons. The Morgan fingerprint density at radius 1 is 1.25 bits per heavy atom. The monoisotopic (exact) mass is 351 g/mol. The lowest BCUT2D eigenvalue weighted by Crippen LogP contribution is -2.30. The summed E-state index contributed by atoms with van der Waals surface area (Å²) < 4.78 is 56.1. The van der Waals surface area contributed by atoms with Gasteiger partial charge in [0.1, 0.15) is 4.90 Å². The molecule has 3 rings (SSSR count). The van der Waals surface area contributed by atoms with Gasteiger partial charge in [0.2, 0.25) is 5.96 Å². The third-order valence-electron chi connectivity index (χ3n) is 4.06. The number of benzene rings is 2. The van der Waals surface area contributed by atoms with Gasteiger partial charge in [0.05, 0.1) is 5.69 Å². The first-order chi connectivity index (χ1) is 11.2. The van der Waals surface area contributed by atoms with Gasteiger partial charge in [0.15, 0.2) is 11.6 Å². The van der Waals surface area contributed by atoms with E-state index in [1.54, 1.807) is 19.1 Å². The van der Waals surface area contributed by atoms with Crippen molar-refractivity contribution in [3.8, 4) is 0 Å². The van der Waals surface area contributed by atoms with Gasteiger partial charge in [-0.25, -0.2) is 8.78 Å². The number of fused-ring (bicyclic) bond motifs is 1.